The topological polar surface area (TPSA) is 88.3 Å². The van der Waals surface area contributed by atoms with E-state index in [1.807, 2.05) is 37.3 Å². The highest BCUT2D eigenvalue weighted by molar-refractivity contribution is 5.90. The van der Waals surface area contributed by atoms with Crippen molar-refractivity contribution in [2.75, 3.05) is 13.6 Å². The summed E-state index contributed by atoms with van der Waals surface area (Å²) in [6.45, 7) is 3.60. The van der Waals surface area contributed by atoms with Crippen LogP contribution in [0.15, 0.2) is 30.3 Å². The molecule has 0 spiro atoms. The Labute approximate surface area is 134 Å². The molecule has 0 aliphatic rings. The molecule has 1 atom stereocenters. The van der Waals surface area contributed by atoms with Crippen molar-refractivity contribution in [1.82, 2.24) is 19.7 Å². The molecular weight excluding hydrogens is 296 g/mol. The van der Waals surface area contributed by atoms with Crippen LogP contribution in [0.3, 0.4) is 0 Å². The van der Waals surface area contributed by atoms with Crippen LogP contribution >= 0.6 is 0 Å². The summed E-state index contributed by atoms with van der Waals surface area (Å²) in [6.07, 6.45) is 0.629. The van der Waals surface area contributed by atoms with E-state index in [9.17, 15) is 9.59 Å². The number of benzene rings is 1. The third kappa shape index (κ3) is 3.74. The van der Waals surface area contributed by atoms with Gasteiger partial charge in [-0.1, -0.05) is 32.0 Å². The Morgan fingerprint density at radius 2 is 1.96 bits per heavy atom. The first-order chi connectivity index (χ1) is 10.9. The molecule has 0 aliphatic carbocycles. The largest absolute Gasteiger partial charge is 0.481 e. The van der Waals surface area contributed by atoms with Gasteiger partial charge < -0.3 is 10.0 Å². The maximum atomic E-state index is 12.4. The number of amides is 1. The van der Waals surface area contributed by atoms with Gasteiger partial charge in [0, 0.05) is 20.0 Å². The van der Waals surface area contributed by atoms with Gasteiger partial charge in [0.05, 0.1) is 11.6 Å². The summed E-state index contributed by atoms with van der Waals surface area (Å²) in [5, 5.41) is 13.2. The van der Waals surface area contributed by atoms with Crippen molar-refractivity contribution >= 4 is 11.9 Å². The zero-order valence-corrected chi connectivity index (χ0v) is 13.4. The number of hydrogen-bond acceptors (Lipinski definition) is 4. The van der Waals surface area contributed by atoms with Crippen LogP contribution < -0.4 is 0 Å². The van der Waals surface area contributed by atoms with E-state index in [1.54, 1.807) is 18.7 Å². The maximum absolute atomic E-state index is 12.4. The molecule has 1 unspecified atom stereocenters. The zero-order chi connectivity index (χ0) is 17.0. The second kappa shape index (κ2) is 7.04. The summed E-state index contributed by atoms with van der Waals surface area (Å²) < 4.78 is 1.64. The van der Waals surface area contributed by atoms with Crippen molar-refractivity contribution in [3.63, 3.8) is 0 Å². The first-order valence-corrected chi connectivity index (χ1v) is 7.43. The molecule has 1 amide bonds. The molecule has 7 heteroatoms. The lowest BCUT2D eigenvalue weighted by Gasteiger charge is -2.17. The highest BCUT2D eigenvalue weighted by Gasteiger charge is 2.23. The van der Waals surface area contributed by atoms with E-state index in [4.69, 9.17) is 5.11 Å². The Hall–Kier alpha value is -2.70. The van der Waals surface area contributed by atoms with E-state index in [0.29, 0.717) is 12.2 Å². The van der Waals surface area contributed by atoms with E-state index in [-0.39, 0.29) is 18.3 Å². The lowest BCUT2D eigenvalue weighted by atomic mass is 10.2. The maximum Gasteiger partial charge on any atom is 0.308 e. The van der Waals surface area contributed by atoms with Gasteiger partial charge in [0.25, 0.3) is 5.91 Å². The zero-order valence-electron chi connectivity index (χ0n) is 13.4. The Morgan fingerprint density at radius 3 is 2.52 bits per heavy atom. The number of para-hydroxylation sites is 1. The van der Waals surface area contributed by atoms with Crippen molar-refractivity contribution < 1.29 is 14.7 Å². The van der Waals surface area contributed by atoms with E-state index in [1.165, 1.54) is 4.90 Å². The first-order valence-electron chi connectivity index (χ1n) is 7.43. The molecule has 0 saturated carbocycles. The SMILES string of the molecule is CCc1nc(C(=O)N(C)CC(C)C(=O)O)nn1-c1ccccc1. The number of aromatic nitrogens is 3. The summed E-state index contributed by atoms with van der Waals surface area (Å²) in [5.74, 6) is -1.22. The number of nitrogens with zero attached hydrogens (tertiary/aromatic N) is 4. The fraction of sp³-hybridized carbons (Fsp3) is 0.375. The Morgan fingerprint density at radius 1 is 1.30 bits per heavy atom. The lowest BCUT2D eigenvalue weighted by molar-refractivity contribution is -0.141. The highest BCUT2D eigenvalue weighted by atomic mass is 16.4. The fourth-order valence-electron chi connectivity index (χ4n) is 2.18. The van der Waals surface area contributed by atoms with Gasteiger partial charge in [-0.3, -0.25) is 9.59 Å². The van der Waals surface area contributed by atoms with Crippen LogP contribution in [-0.2, 0) is 11.2 Å². The van der Waals surface area contributed by atoms with E-state index < -0.39 is 11.9 Å². The van der Waals surface area contributed by atoms with Gasteiger partial charge in [-0.05, 0) is 12.1 Å². The molecule has 0 radical (unpaired) electrons. The van der Waals surface area contributed by atoms with Crippen molar-refractivity contribution in [2.45, 2.75) is 20.3 Å². The highest BCUT2D eigenvalue weighted by Crippen LogP contribution is 2.11. The number of carbonyl (C=O) groups excluding carboxylic acids is 1. The predicted octanol–water partition coefficient (Wildman–Crippen LogP) is 1.62. The molecule has 0 saturated heterocycles. The van der Waals surface area contributed by atoms with Gasteiger partial charge in [0.1, 0.15) is 5.82 Å². The average Bonchev–Trinajstić information content (AvgIpc) is 2.99. The van der Waals surface area contributed by atoms with Crippen molar-refractivity contribution in [2.24, 2.45) is 5.92 Å². The standard InChI is InChI=1S/C16H20N4O3/c1-4-13-17-14(15(21)19(3)10-11(2)16(22)23)18-20(13)12-8-6-5-7-9-12/h5-9,11H,4,10H2,1-3H3,(H,22,23). The first kappa shape index (κ1) is 16.7. The lowest BCUT2D eigenvalue weighted by Crippen LogP contribution is -2.34. The minimum Gasteiger partial charge on any atom is -0.481 e. The number of rotatable bonds is 6. The Balaban J connectivity index is 2.25. The fourth-order valence-corrected chi connectivity index (χ4v) is 2.18. The Kier molecular flexibility index (Phi) is 5.10. The van der Waals surface area contributed by atoms with E-state index >= 15 is 0 Å². The van der Waals surface area contributed by atoms with E-state index in [2.05, 4.69) is 10.1 Å². The molecule has 1 N–H and O–H groups in total. The third-order valence-corrected chi connectivity index (χ3v) is 3.50. The minimum absolute atomic E-state index is 0.0748. The summed E-state index contributed by atoms with van der Waals surface area (Å²) in [5.41, 5.74) is 0.831. The molecule has 2 rings (SSSR count). The van der Waals surface area contributed by atoms with Crippen LogP contribution in [-0.4, -0.2) is 50.2 Å². The van der Waals surface area contributed by atoms with Crippen LogP contribution in [0.4, 0.5) is 0 Å². The minimum atomic E-state index is -0.943. The summed E-state index contributed by atoms with van der Waals surface area (Å²) in [4.78, 5) is 28.9. The molecule has 0 aliphatic heterocycles. The molecule has 1 aromatic heterocycles. The van der Waals surface area contributed by atoms with Gasteiger partial charge in [-0.15, -0.1) is 5.10 Å². The van der Waals surface area contributed by atoms with Crippen LogP contribution in [0, 0.1) is 5.92 Å². The monoisotopic (exact) mass is 316 g/mol. The number of carbonyl (C=O) groups is 2. The van der Waals surface area contributed by atoms with Gasteiger partial charge >= 0.3 is 5.97 Å². The summed E-state index contributed by atoms with van der Waals surface area (Å²) >= 11 is 0. The van der Waals surface area contributed by atoms with Crippen LogP contribution in [0.5, 0.6) is 0 Å². The van der Waals surface area contributed by atoms with Gasteiger partial charge in [0.15, 0.2) is 0 Å². The van der Waals surface area contributed by atoms with Gasteiger partial charge in [0.2, 0.25) is 5.82 Å². The van der Waals surface area contributed by atoms with Gasteiger partial charge in [-0.2, -0.15) is 0 Å². The molecule has 23 heavy (non-hydrogen) atoms. The molecule has 1 heterocycles. The molecule has 2 aromatic rings. The molecule has 122 valence electrons. The quantitative estimate of drug-likeness (QED) is 0.875. The summed E-state index contributed by atoms with van der Waals surface area (Å²) in [6, 6.07) is 9.45. The smallest absolute Gasteiger partial charge is 0.308 e. The molecular formula is C16H20N4O3. The van der Waals surface area contributed by atoms with Crippen LogP contribution in [0.25, 0.3) is 5.69 Å². The average molecular weight is 316 g/mol. The van der Waals surface area contributed by atoms with Crippen LogP contribution in [0.1, 0.15) is 30.3 Å². The van der Waals surface area contributed by atoms with Crippen molar-refractivity contribution in [3.8, 4) is 5.69 Å². The van der Waals surface area contributed by atoms with Crippen molar-refractivity contribution in [1.29, 1.82) is 0 Å². The van der Waals surface area contributed by atoms with Crippen LogP contribution in [0.2, 0.25) is 0 Å². The van der Waals surface area contributed by atoms with Crippen molar-refractivity contribution in [3.05, 3.63) is 42.0 Å². The second-order valence-corrected chi connectivity index (χ2v) is 5.38. The molecule has 1 aromatic carbocycles. The Bertz CT molecular complexity index is 697. The number of aliphatic carboxylic acids is 1. The molecule has 7 nitrogen and oxygen atoms in total. The van der Waals surface area contributed by atoms with Gasteiger partial charge in [-0.25, -0.2) is 9.67 Å². The number of aryl methyl sites for hydroxylation is 1. The van der Waals surface area contributed by atoms with E-state index in [0.717, 1.165) is 5.69 Å². The normalized spacial score (nSPS) is 12.0. The molecule has 0 bridgehead atoms. The third-order valence-electron chi connectivity index (χ3n) is 3.50. The number of carboxylic acid groups (broad SMARTS) is 1. The number of hydrogen-bond donors (Lipinski definition) is 1. The number of carboxylic acids is 1. The molecule has 0 fully saturated rings. The predicted molar refractivity (Wildman–Crippen MR) is 84.5 cm³/mol. The summed E-state index contributed by atoms with van der Waals surface area (Å²) in [7, 11) is 1.55. The second-order valence-electron chi connectivity index (χ2n) is 5.38.